The molecule has 0 saturated carbocycles. The van der Waals surface area contributed by atoms with Crippen LogP contribution in [-0.4, -0.2) is 29.8 Å². The molecule has 3 rings (SSSR count). The molecular weight excluding hydrogens is 427 g/mol. The first kappa shape index (κ1) is 17.9. The lowest BCUT2D eigenvalue weighted by Crippen LogP contribution is -2.41. The zero-order valence-corrected chi connectivity index (χ0v) is 16.3. The average Bonchev–Trinajstić information content (AvgIpc) is 2.64. The van der Waals surface area contributed by atoms with E-state index in [0.717, 1.165) is 20.4 Å². The second-order valence-corrected chi connectivity index (χ2v) is 7.44. The van der Waals surface area contributed by atoms with Gasteiger partial charge < -0.3 is 10.2 Å². The third-order valence-corrected chi connectivity index (χ3v) is 6.05. The molecule has 0 aromatic heterocycles. The van der Waals surface area contributed by atoms with Crippen molar-refractivity contribution in [1.82, 2.24) is 4.90 Å². The molecule has 0 spiro atoms. The summed E-state index contributed by atoms with van der Waals surface area (Å²) in [6.07, 6.45) is 1.40. The molecule has 5 heteroatoms. The predicted molar refractivity (Wildman–Crippen MR) is 108 cm³/mol. The van der Waals surface area contributed by atoms with Gasteiger partial charge in [0, 0.05) is 28.3 Å². The zero-order chi connectivity index (χ0) is 17.8. The van der Waals surface area contributed by atoms with Gasteiger partial charge in [-0.2, -0.15) is 0 Å². The Hall–Kier alpha value is -1.89. The maximum Gasteiger partial charge on any atom is 0.254 e. The van der Waals surface area contributed by atoms with Gasteiger partial charge in [0.1, 0.15) is 0 Å². The Kier molecular flexibility index (Phi) is 5.73. The number of rotatable bonds is 3. The van der Waals surface area contributed by atoms with E-state index >= 15 is 0 Å². The summed E-state index contributed by atoms with van der Waals surface area (Å²) >= 11 is 2.23. The highest BCUT2D eigenvalue weighted by atomic mass is 127. The number of aryl methyl sites for hydroxylation is 1. The Balaban J connectivity index is 1.59. The Labute approximate surface area is 161 Å². The van der Waals surface area contributed by atoms with Crippen molar-refractivity contribution < 1.29 is 9.59 Å². The minimum Gasteiger partial charge on any atom is -0.339 e. The summed E-state index contributed by atoms with van der Waals surface area (Å²) in [5.41, 5.74) is 2.69. The molecule has 2 aromatic carbocycles. The Morgan fingerprint density at radius 2 is 1.72 bits per heavy atom. The number of nitrogens with zero attached hydrogens (tertiary/aromatic N) is 1. The van der Waals surface area contributed by atoms with E-state index < -0.39 is 0 Å². The van der Waals surface area contributed by atoms with Crippen LogP contribution >= 0.6 is 22.6 Å². The van der Waals surface area contributed by atoms with Gasteiger partial charge in [0.05, 0.1) is 5.56 Å². The molecule has 2 amide bonds. The van der Waals surface area contributed by atoms with E-state index in [0.29, 0.717) is 25.9 Å². The number of benzene rings is 2. The van der Waals surface area contributed by atoms with E-state index in [1.54, 1.807) is 0 Å². The summed E-state index contributed by atoms with van der Waals surface area (Å²) in [5.74, 6) is 0.0688. The van der Waals surface area contributed by atoms with Gasteiger partial charge >= 0.3 is 0 Å². The second kappa shape index (κ2) is 7.99. The van der Waals surface area contributed by atoms with Crippen molar-refractivity contribution in [1.29, 1.82) is 0 Å². The summed E-state index contributed by atoms with van der Waals surface area (Å²) < 4.78 is 1.01. The van der Waals surface area contributed by atoms with Crippen LogP contribution in [0.4, 0.5) is 5.69 Å². The second-order valence-electron chi connectivity index (χ2n) is 6.36. The van der Waals surface area contributed by atoms with Gasteiger partial charge in [0.15, 0.2) is 0 Å². The lowest BCUT2D eigenvalue weighted by atomic mass is 9.95. The maximum absolute atomic E-state index is 12.8. The van der Waals surface area contributed by atoms with Gasteiger partial charge in [-0.05, 0) is 66.1 Å². The first-order valence-electron chi connectivity index (χ1n) is 8.46. The van der Waals surface area contributed by atoms with Crippen molar-refractivity contribution in [2.75, 3.05) is 18.4 Å². The quantitative estimate of drug-likeness (QED) is 0.720. The fourth-order valence-electron chi connectivity index (χ4n) is 3.09. The highest BCUT2D eigenvalue weighted by Crippen LogP contribution is 2.23. The van der Waals surface area contributed by atoms with Crippen LogP contribution < -0.4 is 5.32 Å². The number of anilines is 1. The molecular formula is C20H21IN2O2. The van der Waals surface area contributed by atoms with E-state index in [2.05, 4.69) is 27.9 Å². The van der Waals surface area contributed by atoms with E-state index in [4.69, 9.17) is 0 Å². The SMILES string of the molecule is Cc1cccc(C(=O)N2CCC(C(=O)Nc3ccccc3)CC2)c1I. The highest BCUT2D eigenvalue weighted by molar-refractivity contribution is 14.1. The number of carbonyl (C=O) groups excluding carboxylic acids is 2. The molecule has 1 saturated heterocycles. The number of likely N-dealkylation sites (tertiary alicyclic amines) is 1. The van der Waals surface area contributed by atoms with Crippen molar-refractivity contribution in [2.24, 2.45) is 5.92 Å². The number of piperidine rings is 1. The summed E-state index contributed by atoms with van der Waals surface area (Å²) in [6.45, 7) is 3.25. The van der Waals surface area contributed by atoms with E-state index in [9.17, 15) is 9.59 Å². The number of nitrogens with one attached hydrogen (secondary N) is 1. The van der Waals surface area contributed by atoms with Crippen molar-refractivity contribution in [3.63, 3.8) is 0 Å². The summed E-state index contributed by atoms with van der Waals surface area (Å²) in [6, 6.07) is 15.3. The summed E-state index contributed by atoms with van der Waals surface area (Å²) in [4.78, 5) is 27.0. The molecule has 1 heterocycles. The molecule has 1 aliphatic rings. The van der Waals surface area contributed by atoms with Crippen LogP contribution in [0.25, 0.3) is 0 Å². The van der Waals surface area contributed by atoms with E-state index in [-0.39, 0.29) is 17.7 Å². The van der Waals surface area contributed by atoms with Gasteiger partial charge in [-0.1, -0.05) is 30.3 Å². The molecule has 2 aromatic rings. The zero-order valence-electron chi connectivity index (χ0n) is 14.2. The number of halogens is 1. The van der Waals surface area contributed by atoms with Gasteiger partial charge in [-0.3, -0.25) is 9.59 Å². The summed E-state index contributed by atoms with van der Waals surface area (Å²) in [7, 11) is 0. The predicted octanol–water partition coefficient (Wildman–Crippen LogP) is 4.09. The number of carbonyl (C=O) groups is 2. The first-order valence-corrected chi connectivity index (χ1v) is 9.54. The van der Waals surface area contributed by atoms with Crippen LogP contribution in [-0.2, 0) is 4.79 Å². The fourth-order valence-corrected chi connectivity index (χ4v) is 3.68. The maximum atomic E-state index is 12.8. The number of amides is 2. The normalized spacial score (nSPS) is 15.0. The molecule has 130 valence electrons. The van der Waals surface area contributed by atoms with Crippen molar-refractivity contribution in [2.45, 2.75) is 19.8 Å². The number of hydrogen-bond acceptors (Lipinski definition) is 2. The molecule has 0 radical (unpaired) electrons. The van der Waals surface area contributed by atoms with Crippen molar-refractivity contribution in [3.8, 4) is 0 Å². The fraction of sp³-hybridized carbons (Fsp3) is 0.300. The monoisotopic (exact) mass is 448 g/mol. The Morgan fingerprint density at radius 1 is 1.04 bits per heavy atom. The third-order valence-electron chi connectivity index (χ3n) is 4.62. The summed E-state index contributed by atoms with van der Waals surface area (Å²) in [5, 5.41) is 2.96. The number of hydrogen-bond donors (Lipinski definition) is 1. The molecule has 25 heavy (non-hydrogen) atoms. The smallest absolute Gasteiger partial charge is 0.254 e. The average molecular weight is 448 g/mol. The molecule has 0 atom stereocenters. The van der Waals surface area contributed by atoms with Gasteiger partial charge in [0.25, 0.3) is 5.91 Å². The first-order chi connectivity index (χ1) is 12.1. The van der Waals surface area contributed by atoms with Crippen LogP contribution in [0.1, 0.15) is 28.8 Å². The number of para-hydroxylation sites is 1. The molecule has 1 fully saturated rings. The topological polar surface area (TPSA) is 49.4 Å². The molecule has 4 nitrogen and oxygen atoms in total. The van der Waals surface area contributed by atoms with Gasteiger partial charge in [-0.25, -0.2) is 0 Å². The van der Waals surface area contributed by atoms with Gasteiger partial charge in [-0.15, -0.1) is 0 Å². The van der Waals surface area contributed by atoms with Crippen LogP contribution in [0.2, 0.25) is 0 Å². The van der Waals surface area contributed by atoms with Crippen LogP contribution in [0.5, 0.6) is 0 Å². The van der Waals surface area contributed by atoms with Crippen LogP contribution in [0.15, 0.2) is 48.5 Å². The van der Waals surface area contributed by atoms with E-state index in [1.807, 2.05) is 60.4 Å². The van der Waals surface area contributed by atoms with Crippen molar-refractivity contribution >= 4 is 40.1 Å². The van der Waals surface area contributed by atoms with E-state index in [1.165, 1.54) is 0 Å². The minimum absolute atomic E-state index is 0.0409. The molecule has 0 unspecified atom stereocenters. The molecule has 1 aliphatic heterocycles. The third kappa shape index (κ3) is 4.21. The minimum atomic E-state index is -0.0409. The molecule has 0 aliphatic carbocycles. The molecule has 0 bridgehead atoms. The Morgan fingerprint density at radius 3 is 2.40 bits per heavy atom. The standard InChI is InChI=1S/C20H21IN2O2/c1-14-6-5-9-17(18(14)21)20(25)23-12-10-15(11-13-23)19(24)22-16-7-3-2-4-8-16/h2-9,15H,10-13H2,1H3,(H,22,24). The highest BCUT2D eigenvalue weighted by Gasteiger charge is 2.28. The van der Waals surface area contributed by atoms with Crippen LogP contribution in [0.3, 0.4) is 0 Å². The molecule has 1 N–H and O–H groups in total. The van der Waals surface area contributed by atoms with Crippen molar-refractivity contribution in [3.05, 3.63) is 63.2 Å². The Bertz CT molecular complexity index is 769. The van der Waals surface area contributed by atoms with Crippen LogP contribution in [0, 0.1) is 16.4 Å². The lowest BCUT2D eigenvalue weighted by Gasteiger charge is -2.31. The van der Waals surface area contributed by atoms with Gasteiger partial charge in [0.2, 0.25) is 5.91 Å². The largest absolute Gasteiger partial charge is 0.339 e. The lowest BCUT2D eigenvalue weighted by molar-refractivity contribution is -0.121.